The summed E-state index contributed by atoms with van der Waals surface area (Å²) in [5, 5.41) is 8.13. The largest absolute Gasteiger partial charge is 0.352 e. The molecule has 0 bridgehead atoms. The maximum absolute atomic E-state index is 10.9. The summed E-state index contributed by atoms with van der Waals surface area (Å²) >= 11 is 5.65. The van der Waals surface area contributed by atoms with Crippen LogP contribution in [0, 0.1) is 0 Å². The number of aromatic nitrogens is 2. The lowest BCUT2D eigenvalue weighted by Gasteiger charge is -2.34. The van der Waals surface area contributed by atoms with Crippen molar-refractivity contribution in [2.45, 2.75) is 0 Å². The number of halogens is 1. The smallest absolute Gasteiger partial charge is 0.314 e. The minimum absolute atomic E-state index is 0.373. The number of nitrogens with zero attached hydrogens (tertiary/aromatic N) is 4. The zero-order valence-electron chi connectivity index (χ0n) is 8.64. The second-order valence-electron chi connectivity index (χ2n) is 3.53. The normalized spacial score (nSPS) is 16.3. The number of anilines is 1. The molecule has 2 amide bonds. The third kappa shape index (κ3) is 2.33. The molecule has 2 heterocycles. The van der Waals surface area contributed by atoms with Crippen molar-refractivity contribution in [2.24, 2.45) is 5.73 Å². The van der Waals surface area contributed by atoms with Gasteiger partial charge in [-0.25, -0.2) is 4.79 Å². The molecule has 0 aromatic carbocycles. The summed E-state index contributed by atoms with van der Waals surface area (Å²) in [6, 6.07) is 3.14. The van der Waals surface area contributed by atoms with Gasteiger partial charge in [0, 0.05) is 26.2 Å². The van der Waals surface area contributed by atoms with E-state index in [9.17, 15) is 4.79 Å². The SMILES string of the molecule is NC(=O)N1CCN(c2ccc(Cl)nn2)CC1. The van der Waals surface area contributed by atoms with Crippen LogP contribution in [0.25, 0.3) is 0 Å². The summed E-state index contributed by atoms with van der Waals surface area (Å²) in [5.74, 6) is 0.772. The average Bonchev–Trinajstić information content (AvgIpc) is 2.30. The number of nitrogens with two attached hydrogens (primary N) is 1. The minimum atomic E-state index is -0.373. The standard InChI is InChI=1S/C9H12ClN5O/c10-7-1-2-8(13-12-7)14-3-5-15(6-4-14)9(11)16/h1-2H,3-6H2,(H2,11,16). The Balaban J connectivity index is 1.99. The first-order chi connectivity index (χ1) is 7.66. The molecule has 1 saturated heterocycles. The molecule has 7 heteroatoms. The zero-order valence-corrected chi connectivity index (χ0v) is 9.39. The topological polar surface area (TPSA) is 75.4 Å². The molecule has 6 nitrogen and oxygen atoms in total. The number of piperazine rings is 1. The van der Waals surface area contributed by atoms with Crippen molar-refractivity contribution < 1.29 is 4.79 Å². The van der Waals surface area contributed by atoms with Crippen molar-refractivity contribution in [1.82, 2.24) is 15.1 Å². The Morgan fingerprint density at radius 3 is 2.44 bits per heavy atom. The van der Waals surface area contributed by atoms with Gasteiger partial charge in [0.2, 0.25) is 0 Å². The molecule has 86 valence electrons. The van der Waals surface area contributed by atoms with Gasteiger partial charge in [-0.1, -0.05) is 11.6 Å². The fourth-order valence-electron chi connectivity index (χ4n) is 1.63. The highest BCUT2D eigenvalue weighted by atomic mass is 35.5. The maximum atomic E-state index is 10.9. The third-order valence-corrected chi connectivity index (χ3v) is 2.73. The number of amides is 2. The molecule has 1 aliphatic rings. The molecular formula is C9H12ClN5O. The van der Waals surface area contributed by atoms with Crippen LogP contribution in [0.15, 0.2) is 12.1 Å². The minimum Gasteiger partial charge on any atom is -0.352 e. The quantitative estimate of drug-likeness (QED) is 0.769. The van der Waals surface area contributed by atoms with Crippen LogP contribution in [0.1, 0.15) is 0 Å². The molecule has 1 aromatic rings. The van der Waals surface area contributed by atoms with E-state index in [2.05, 4.69) is 10.2 Å². The van der Waals surface area contributed by atoms with Crippen LogP contribution in [-0.4, -0.2) is 47.3 Å². The van der Waals surface area contributed by atoms with Gasteiger partial charge in [-0.05, 0) is 12.1 Å². The lowest BCUT2D eigenvalue weighted by Crippen LogP contribution is -2.50. The highest BCUT2D eigenvalue weighted by Gasteiger charge is 2.20. The summed E-state index contributed by atoms with van der Waals surface area (Å²) in [4.78, 5) is 14.6. The predicted octanol–water partition coefficient (Wildman–Crippen LogP) is 0.331. The van der Waals surface area contributed by atoms with Crippen LogP contribution in [0.3, 0.4) is 0 Å². The Morgan fingerprint density at radius 1 is 1.25 bits per heavy atom. The first-order valence-electron chi connectivity index (χ1n) is 4.95. The Morgan fingerprint density at radius 2 is 1.94 bits per heavy atom. The van der Waals surface area contributed by atoms with Gasteiger partial charge >= 0.3 is 6.03 Å². The van der Waals surface area contributed by atoms with E-state index in [0.717, 1.165) is 5.82 Å². The highest BCUT2D eigenvalue weighted by Crippen LogP contribution is 2.13. The van der Waals surface area contributed by atoms with E-state index in [1.807, 2.05) is 11.0 Å². The first kappa shape index (κ1) is 10.9. The molecule has 1 aliphatic heterocycles. The molecule has 0 saturated carbocycles. The number of rotatable bonds is 1. The van der Waals surface area contributed by atoms with E-state index in [0.29, 0.717) is 31.3 Å². The molecule has 1 aromatic heterocycles. The number of carbonyl (C=O) groups excluding carboxylic acids is 1. The molecule has 2 N–H and O–H groups in total. The van der Waals surface area contributed by atoms with Crippen molar-refractivity contribution in [3.8, 4) is 0 Å². The van der Waals surface area contributed by atoms with Crippen molar-refractivity contribution in [3.63, 3.8) is 0 Å². The van der Waals surface area contributed by atoms with Crippen LogP contribution in [0.5, 0.6) is 0 Å². The maximum Gasteiger partial charge on any atom is 0.314 e. The van der Waals surface area contributed by atoms with Crippen LogP contribution < -0.4 is 10.6 Å². The van der Waals surface area contributed by atoms with E-state index in [1.165, 1.54) is 0 Å². The van der Waals surface area contributed by atoms with Crippen molar-refractivity contribution in [2.75, 3.05) is 31.1 Å². The molecule has 0 radical (unpaired) electrons. The van der Waals surface area contributed by atoms with E-state index in [-0.39, 0.29) is 6.03 Å². The fraction of sp³-hybridized carbons (Fsp3) is 0.444. The molecule has 0 spiro atoms. The lowest BCUT2D eigenvalue weighted by atomic mass is 10.3. The van der Waals surface area contributed by atoms with Crippen LogP contribution in [-0.2, 0) is 0 Å². The zero-order chi connectivity index (χ0) is 11.5. The van der Waals surface area contributed by atoms with Gasteiger partial charge in [0.25, 0.3) is 0 Å². The molecule has 0 unspecified atom stereocenters. The van der Waals surface area contributed by atoms with Gasteiger partial charge in [-0.3, -0.25) is 0 Å². The van der Waals surface area contributed by atoms with Gasteiger partial charge in [0.05, 0.1) is 0 Å². The monoisotopic (exact) mass is 241 g/mol. The Hall–Kier alpha value is -1.56. The molecule has 1 fully saturated rings. The molecular weight excluding hydrogens is 230 g/mol. The van der Waals surface area contributed by atoms with Gasteiger partial charge < -0.3 is 15.5 Å². The van der Waals surface area contributed by atoms with E-state index < -0.39 is 0 Å². The van der Waals surface area contributed by atoms with E-state index in [4.69, 9.17) is 17.3 Å². The van der Waals surface area contributed by atoms with Crippen LogP contribution in [0.4, 0.5) is 10.6 Å². The van der Waals surface area contributed by atoms with Crippen molar-refractivity contribution >= 4 is 23.4 Å². The molecule has 16 heavy (non-hydrogen) atoms. The van der Waals surface area contributed by atoms with Crippen molar-refractivity contribution in [3.05, 3.63) is 17.3 Å². The van der Waals surface area contributed by atoms with Crippen LogP contribution >= 0.6 is 11.6 Å². The highest BCUT2D eigenvalue weighted by molar-refractivity contribution is 6.29. The second kappa shape index (κ2) is 4.52. The number of hydrogen-bond acceptors (Lipinski definition) is 4. The number of hydrogen-bond donors (Lipinski definition) is 1. The Kier molecular flexibility index (Phi) is 3.09. The second-order valence-corrected chi connectivity index (χ2v) is 3.91. The molecule has 2 rings (SSSR count). The number of urea groups is 1. The summed E-state index contributed by atoms with van der Waals surface area (Å²) < 4.78 is 0. The lowest BCUT2D eigenvalue weighted by molar-refractivity contribution is 0.204. The van der Waals surface area contributed by atoms with Gasteiger partial charge in [-0.15, -0.1) is 10.2 Å². The fourth-order valence-corrected chi connectivity index (χ4v) is 1.73. The molecule has 0 aliphatic carbocycles. The number of carbonyl (C=O) groups is 1. The van der Waals surface area contributed by atoms with Gasteiger partial charge in [-0.2, -0.15) is 0 Å². The third-order valence-electron chi connectivity index (χ3n) is 2.53. The van der Waals surface area contributed by atoms with Crippen LogP contribution in [0.2, 0.25) is 5.15 Å². The summed E-state index contributed by atoms with van der Waals surface area (Å²) in [6.45, 7) is 2.64. The first-order valence-corrected chi connectivity index (χ1v) is 5.33. The summed E-state index contributed by atoms with van der Waals surface area (Å²) in [7, 11) is 0. The van der Waals surface area contributed by atoms with E-state index >= 15 is 0 Å². The molecule has 0 atom stereocenters. The number of primary amides is 1. The Bertz CT molecular complexity index is 374. The van der Waals surface area contributed by atoms with Crippen molar-refractivity contribution in [1.29, 1.82) is 0 Å². The van der Waals surface area contributed by atoms with Gasteiger partial charge in [0.1, 0.15) is 0 Å². The summed E-state index contributed by atoms with van der Waals surface area (Å²) in [6.07, 6.45) is 0. The van der Waals surface area contributed by atoms with E-state index in [1.54, 1.807) is 11.0 Å². The Labute approximate surface area is 98.0 Å². The average molecular weight is 242 g/mol. The summed E-state index contributed by atoms with van der Waals surface area (Å²) in [5.41, 5.74) is 5.19. The predicted molar refractivity (Wildman–Crippen MR) is 60.4 cm³/mol. The van der Waals surface area contributed by atoms with Gasteiger partial charge in [0.15, 0.2) is 11.0 Å².